The maximum absolute atomic E-state index is 13.2. The molecule has 4 aromatic rings. The number of tetrazole rings is 1. The Kier molecular flexibility index (Phi) is 6.81. The summed E-state index contributed by atoms with van der Waals surface area (Å²) in [6.45, 7) is 0. The van der Waals surface area contributed by atoms with Gasteiger partial charge in [0.1, 0.15) is 5.75 Å². The van der Waals surface area contributed by atoms with Gasteiger partial charge in [-0.25, -0.2) is 0 Å². The normalized spacial score (nSPS) is 10.8. The van der Waals surface area contributed by atoms with Gasteiger partial charge in [-0.1, -0.05) is 72.4 Å². The quantitative estimate of drug-likeness (QED) is 0.382. The van der Waals surface area contributed by atoms with E-state index in [1.807, 2.05) is 92.0 Å². The molecule has 0 aliphatic rings. The zero-order valence-corrected chi connectivity index (χ0v) is 18.6. The lowest BCUT2D eigenvalue weighted by molar-refractivity contribution is -0.128. The maximum atomic E-state index is 13.2. The van der Waals surface area contributed by atoms with Crippen LogP contribution in [0.5, 0.6) is 5.75 Å². The second-order valence-electron chi connectivity index (χ2n) is 7.09. The Morgan fingerprint density at radius 1 is 0.969 bits per heavy atom. The standard InChI is InChI=1S/C24H23N5O2S/c1-28(23(18-9-5-3-6-10-18)19-11-7-4-8-12-19)22(30)17-32-24-25-26-27-29(24)20-13-15-21(31-2)16-14-20/h3-16,23H,17H2,1-2H3. The highest BCUT2D eigenvalue weighted by Gasteiger charge is 2.24. The zero-order valence-electron chi connectivity index (χ0n) is 17.8. The fourth-order valence-electron chi connectivity index (χ4n) is 3.44. The van der Waals surface area contributed by atoms with Crippen LogP contribution in [0.15, 0.2) is 90.1 Å². The maximum Gasteiger partial charge on any atom is 0.233 e. The van der Waals surface area contributed by atoms with Crippen molar-refractivity contribution in [3.05, 3.63) is 96.1 Å². The third-order valence-corrected chi connectivity index (χ3v) is 6.00. The summed E-state index contributed by atoms with van der Waals surface area (Å²) in [6.07, 6.45) is 0. The molecule has 4 rings (SSSR count). The number of hydrogen-bond donors (Lipinski definition) is 0. The zero-order chi connectivity index (χ0) is 22.3. The van der Waals surface area contributed by atoms with E-state index < -0.39 is 0 Å². The second kappa shape index (κ2) is 10.1. The predicted molar refractivity (Wildman–Crippen MR) is 124 cm³/mol. The molecule has 0 atom stereocenters. The van der Waals surface area contributed by atoms with Crippen LogP contribution in [0.3, 0.4) is 0 Å². The van der Waals surface area contributed by atoms with Gasteiger partial charge in [0, 0.05) is 7.05 Å². The van der Waals surface area contributed by atoms with Gasteiger partial charge in [-0.3, -0.25) is 4.79 Å². The average Bonchev–Trinajstić information content (AvgIpc) is 3.32. The summed E-state index contributed by atoms with van der Waals surface area (Å²) in [7, 11) is 3.45. The molecule has 0 fully saturated rings. The van der Waals surface area contributed by atoms with Gasteiger partial charge in [-0.05, 0) is 45.8 Å². The highest BCUT2D eigenvalue weighted by molar-refractivity contribution is 7.99. The summed E-state index contributed by atoms with van der Waals surface area (Å²) in [5, 5.41) is 12.5. The Labute approximate surface area is 191 Å². The number of rotatable bonds is 8. The minimum Gasteiger partial charge on any atom is -0.497 e. The van der Waals surface area contributed by atoms with Crippen molar-refractivity contribution in [1.82, 2.24) is 25.1 Å². The predicted octanol–water partition coefficient (Wildman–Crippen LogP) is 4.01. The van der Waals surface area contributed by atoms with Gasteiger partial charge in [0.2, 0.25) is 11.1 Å². The van der Waals surface area contributed by atoms with Crippen molar-refractivity contribution in [3.63, 3.8) is 0 Å². The molecule has 0 N–H and O–H groups in total. The van der Waals surface area contributed by atoms with E-state index in [1.54, 1.807) is 16.7 Å². The summed E-state index contributed by atoms with van der Waals surface area (Å²) in [5.74, 6) is 0.945. The molecule has 0 aliphatic carbocycles. The van der Waals surface area contributed by atoms with E-state index in [0.717, 1.165) is 22.6 Å². The van der Waals surface area contributed by atoms with Gasteiger partial charge in [-0.15, -0.1) is 5.10 Å². The number of benzene rings is 3. The number of amides is 1. The van der Waals surface area contributed by atoms with Gasteiger partial charge < -0.3 is 9.64 Å². The second-order valence-corrected chi connectivity index (χ2v) is 8.03. The largest absolute Gasteiger partial charge is 0.497 e. The molecule has 0 unspecified atom stereocenters. The summed E-state index contributed by atoms with van der Waals surface area (Å²) in [5.41, 5.74) is 2.91. The first-order valence-electron chi connectivity index (χ1n) is 10.1. The number of methoxy groups -OCH3 is 1. The van der Waals surface area contributed by atoms with E-state index >= 15 is 0 Å². The average molecular weight is 446 g/mol. The Balaban J connectivity index is 1.50. The first-order valence-corrected chi connectivity index (χ1v) is 11.1. The van der Waals surface area contributed by atoms with Gasteiger partial charge in [-0.2, -0.15) is 4.68 Å². The Morgan fingerprint density at radius 3 is 2.12 bits per heavy atom. The molecule has 1 amide bonds. The van der Waals surface area contributed by atoms with Crippen molar-refractivity contribution < 1.29 is 9.53 Å². The van der Waals surface area contributed by atoms with Gasteiger partial charge in [0.25, 0.3) is 0 Å². The Hall–Kier alpha value is -3.65. The van der Waals surface area contributed by atoms with Gasteiger partial charge in [0.15, 0.2) is 0 Å². The fourth-order valence-corrected chi connectivity index (χ4v) is 4.25. The Morgan fingerprint density at radius 2 is 1.56 bits per heavy atom. The highest BCUT2D eigenvalue weighted by Crippen LogP contribution is 2.29. The van der Waals surface area contributed by atoms with Gasteiger partial charge in [0.05, 0.1) is 24.6 Å². The van der Waals surface area contributed by atoms with Crippen molar-refractivity contribution >= 4 is 17.7 Å². The third kappa shape index (κ3) is 4.81. The topological polar surface area (TPSA) is 73.1 Å². The summed E-state index contributed by atoms with van der Waals surface area (Å²) in [4.78, 5) is 14.9. The molecule has 0 aliphatic heterocycles. The van der Waals surface area contributed by atoms with E-state index in [0.29, 0.717) is 5.16 Å². The molecule has 32 heavy (non-hydrogen) atoms. The lowest BCUT2D eigenvalue weighted by Gasteiger charge is -2.29. The lowest BCUT2D eigenvalue weighted by Crippen LogP contribution is -2.33. The SMILES string of the molecule is COc1ccc(-n2nnnc2SCC(=O)N(C)C(c2ccccc2)c2ccccc2)cc1. The van der Waals surface area contributed by atoms with Crippen molar-refractivity contribution in [3.8, 4) is 11.4 Å². The number of aromatic nitrogens is 4. The van der Waals surface area contributed by atoms with Crippen LogP contribution in [-0.2, 0) is 4.79 Å². The monoisotopic (exact) mass is 445 g/mol. The first-order chi connectivity index (χ1) is 15.7. The molecule has 8 heteroatoms. The molecule has 0 radical (unpaired) electrons. The van der Waals surface area contributed by atoms with E-state index in [2.05, 4.69) is 15.5 Å². The van der Waals surface area contributed by atoms with Crippen LogP contribution in [0.25, 0.3) is 5.69 Å². The molecular formula is C24H23N5O2S. The van der Waals surface area contributed by atoms with Crippen molar-refractivity contribution in [2.75, 3.05) is 19.9 Å². The molecule has 1 aromatic heterocycles. The van der Waals surface area contributed by atoms with E-state index in [-0.39, 0.29) is 17.7 Å². The Bertz CT molecular complexity index is 1110. The van der Waals surface area contributed by atoms with E-state index in [4.69, 9.17) is 4.74 Å². The molecule has 1 heterocycles. The van der Waals surface area contributed by atoms with Crippen LogP contribution in [0.4, 0.5) is 0 Å². The lowest BCUT2D eigenvalue weighted by atomic mass is 9.97. The smallest absolute Gasteiger partial charge is 0.233 e. The number of nitrogens with zero attached hydrogens (tertiary/aromatic N) is 5. The molecule has 162 valence electrons. The number of hydrogen-bond acceptors (Lipinski definition) is 6. The minimum atomic E-state index is -0.178. The van der Waals surface area contributed by atoms with Crippen molar-refractivity contribution in [2.24, 2.45) is 0 Å². The molecule has 3 aromatic carbocycles. The molecule has 7 nitrogen and oxygen atoms in total. The third-order valence-electron chi connectivity index (χ3n) is 5.09. The molecule has 0 saturated heterocycles. The number of carbonyl (C=O) groups excluding carboxylic acids is 1. The van der Waals surface area contributed by atoms with Crippen LogP contribution >= 0.6 is 11.8 Å². The first kappa shape index (κ1) is 21.6. The highest BCUT2D eigenvalue weighted by atomic mass is 32.2. The van der Waals surface area contributed by atoms with Crippen LogP contribution in [0.1, 0.15) is 17.2 Å². The van der Waals surface area contributed by atoms with Crippen LogP contribution in [0.2, 0.25) is 0 Å². The molecular weight excluding hydrogens is 422 g/mol. The minimum absolute atomic E-state index is 0.0167. The summed E-state index contributed by atoms with van der Waals surface area (Å²) >= 11 is 1.31. The van der Waals surface area contributed by atoms with Crippen molar-refractivity contribution in [2.45, 2.75) is 11.2 Å². The van der Waals surface area contributed by atoms with E-state index in [1.165, 1.54) is 11.8 Å². The number of thioether (sulfide) groups is 1. The molecule has 0 bridgehead atoms. The van der Waals surface area contributed by atoms with Crippen LogP contribution in [-0.4, -0.2) is 50.9 Å². The van der Waals surface area contributed by atoms with E-state index in [9.17, 15) is 4.79 Å². The van der Waals surface area contributed by atoms with Crippen LogP contribution in [0, 0.1) is 0 Å². The van der Waals surface area contributed by atoms with Gasteiger partial charge >= 0.3 is 0 Å². The molecule has 0 saturated carbocycles. The van der Waals surface area contributed by atoms with Crippen molar-refractivity contribution in [1.29, 1.82) is 0 Å². The fraction of sp³-hybridized carbons (Fsp3) is 0.167. The number of carbonyl (C=O) groups is 1. The molecule has 0 spiro atoms. The number of ether oxygens (including phenoxy) is 1. The summed E-state index contributed by atoms with van der Waals surface area (Å²) in [6, 6.07) is 27.3. The van der Waals surface area contributed by atoms with Crippen LogP contribution < -0.4 is 4.74 Å². The summed E-state index contributed by atoms with van der Waals surface area (Å²) < 4.78 is 6.82.